The summed E-state index contributed by atoms with van der Waals surface area (Å²) in [5, 5.41) is 1.32. The maximum absolute atomic E-state index is 11.6. The van der Waals surface area contributed by atoms with Gasteiger partial charge in [0.2, 0.25) is 0 Å². The molecule has 0 bridgehead atoms. The van der Waals surface area contributed by atoms with E-state index in [4.69, 9.17) is 5.73 Å². The number of aromatic nitrogens is 1. The number of pyridine rings is 1. The lowest BCUT2D eigenvalue weighted by atomic mass is 10.3. The summed E-state index contributed by atoms with van der Waals surface area (Å²) in [7, 11) is -0.382. The van der Waals surface area contributed by atoms with Crippen LogP contribution in [0, 0.1) is 0 Å². The molecule has 0 aliphatic carbocycles. The molecule has 1 aromatic heterocycles. The fraction of sp³-hybridized carbons (Fsp3) is 0.375. The lowest BCUT2D eigenvalue weighted by Gasteiger charge is -2.11. The fourth-order valence-corrected chi connectivity index (χ4v) is 1.99. The van der Waals surface area contributed by atoms with E-state index < -0.39 is 10.0 Å². The maximum Gasteiger partial charge on any atom is 0.270 e. The molecule has 1 heterocycles. The van der Waals surface area contributed by atoms with E-state index in [1.807, 2.05) is 0 Å². The number of hydrazine groups is 1. The molecule has 6 nitrogen and oxygen atoms in total. The normalized spacial score (nSPS) is 12.0. The van der Waals surface area contributed by atoms with Crippen molar-refractivity contribution in [3.8, 4) is 0 Å². The highest BCUT2D eigenvalue weighted by molar-refractivity contribution is 7.89. The summed E-state index contributed by atoms with van der Waals surface area (Å²) in [6, 6.07) is 3.06. The Labute approximate surface area is 89.1 Å². The van der Waals surface area contributed by atoms with Crippen LogP contribution < -0.4 is 10.6 Å². The van der Waals surface area contributed by atoms with Gasteiger partial charge in [0, 0.05) is 26.8 Å². The van der Waals surface area contributed by atoms with Gasteiger partial charge < -0.3 is 5.73 Å². The zero-order valence-corrected chi connectivity index (χ0v) is 9.45. The number of nitrogens with two attached hydrogens (primary N) is 1. The van der Waals surface area contributed by atoms with Crippen LogP contribution in [-0.4, -0.2) is 32.5 Å². The van der Waals surface area contributed by atoms with E-state index in [1.165, 1.54) is 17.3 Å². The van der Waals surface area contributed by atoms with Crippen LogP contribution in [0.5, 0.6) is 0 Å². The molecule has 0 unspecified atom stereocenters. The zero-order chi connectivity index (χ0) is 11.5. The minimum absolute atomic E-state index is 0.0200. The van der Waals surface area contributed by atoms with Crippen LogP contribution in [0.4, 0.5) is 0 Å². The molecule has 0 aromatic carbocycles. The van der Waals surface area contributed by atoms with E-state index >= 15 is 0 Å². The molecule has 3 N–H and O–H groups in total. The molecule has 1 aromatic rings. The monoisotopic (exact) mass is 230 g/mol. The van der Waals surface area contributed by atoms with Crippen molar-refractivity contribution >= 4 is 10.0 Å². The van der Waals surface area contributed by atoms with Gasteiger partial charge in [-0.15, -0.1) is 4.83 Å². The molecule has 1 rings (SSSR count). The second kappa shape index (κ2) is 4.67. The number of nitrogens with zero attached hydrogens (tertiary/aromatic N) is 2. The van der Waals surface area contributed by atoms with Crippen LogP contribution in [-0.2, 0) is 16.6 Å². The van der Waals surface area contributed by atoms with Gasteiger partial charge >= 0.3 is 0 Å². The van der Waals surface area contributed by atoms with Gasteiger partial charge in [0.15, 0.2) is 5.03 Å². The molecule has 0 saturated carbocycles. The van der Waals surface area contributed by atoms with Crippen LogP contribution in [0.25, 0.3) is 0 Å². The Kier molecular flexibility index (Phi) is 3.75. The molecule has 84 valence electrons. The highest BCUT2D eigenvalue weighted by Crippen LogP contribution is 2.05. The topological polar surface area (TPSA) is 88.3 Å². The van der Waals surface area contributed by atoms with E-state index in [0.717, 1.165) is 5.56 Å². The number of nitrogens with one attached hydrogen (secondary N) is 1. The number of hydrogen-bond donors (Lipinski definition) is 2. The Morgan fingerprint density at radius 3 is 2.53 bits per heavy atom. The highest BCUT2D eigenvalue weighted by atomic mass is 32.2. The van der Waals surface area contributed by atoms with Crippen molar-refractivity contribution in [1.82, 2.24) is 14.8 Å². The lowest BCUT2D eigenvalue weighted by molar-refractivity contribution is 0.363. The molecule has 0 aliphatic rings. The minimum Gasteiger partial charge on any atom is -0.326 e. The third kappa shape index (κ3) is 3.24. The third-order valence-electron chi connectivity index (χ3n) is 1.61. The first-order chi connectivity index (χ1) is 6.95. The summed E-state index contributed by atoms with van der Waals surface area (Å²) in [6.07, 6.45) is 1.45. The molecule has 7 heteroatoms. The van der Waals surface area contributed by atoms with E-state index in [9.17, 15) is 8.42 Å². The Hall–Kier alpha value is -1.02. The third-order valence-corrected chi connectivity index (χ3v) is 3.01. The van der Waals surface area contributed by atoms with E-state index in [-0.39, 0.29) is 5.03 Å². The van der Waals surface area contributed by atoms with Gasteiger partial charge in [0.05, 0.1) is 0 Å². The van der Waals surface area contributed by atoms with Gasteiger partial charge in [0.25, 0.3) is 10.0 Å². The van der Waals surface area contributed by atoms with Crippen molar-refractivity contribution in [1.29, 1.82) is 0 Å². The van der Waals surface area contributed by atoms with Crippen molar-refractivity contribution < 1.29 is 8.42 Å². The lowest BCUT2D eigenvalue weighted by Crippen LogP contribution is -2.36. The van der Waals surface area contributed by atoms with Crippen LogP contribution in [0.15, 0.2) is 23.4 Å². The van der Waals surface area contributed by atoms with Gasteiger partial charge in [-0.2, -0.15) is 0 Å². The Balaban J connectivity index is 2.96. The zero-order valence-electron chi connectivity index (χ0n) is 8.64. The number of sulfonamides is 1. The average Bonchev–Trinajstić information content (AvgIpc) is 2.16. The number of hydrogen-bond acceptors (Lipinski definition) is 5. The summed E-state index contributed by atoms with van der Waals surface area (Å²) < 4.78 is 23.2. The molecular formula is C8H14N4O2S. The molecule has 0 spiro atoms. The van der Waals surface area contributed by atoms with Gasteiger partial charge in [-0.1, -0.05) is 6.07 Å². The maximum atomic E-state index is 11.6. The first kappa shape index (κ1) is 12.1. The summed E-state index contributed by atoms with van der Waals surface area (Å²) in [4.78, 5) is 6.10. The predicted octanol–water partition coefficient (Wildman–Crippen LogP) is -0.705. The SMILES string of the molecule is CN(C)NS(=O)(=O)c1ccc(CN)cn1. The molecule has 0 amide bonds. The second-order valence-corrected chi connectivity index (χ2v) is 4.81. The molecule has 0 aliphatic heterocycles. The Morgan fingerprint density at radius 2 is 2.13 bits per heavy atom. The second-order valence-electron chi connectivity index (χ2n) is 3.20. The Bertz CT molecular complexity index is 413. The molecule has 0 saturated heterocycles. The molecule has 0 atom stereocenters. The van der Waals surface area contributed by atoms with E-state index in [1.54, 1.807) is 20.2 Å². The van der Waals surface area contributed by atoms with Crippen LogP contribution in [0.2, 0.25) is 0 Å². The first-order valence-electron chi connectivity index (χ1n) is 4.30. The van der Waals surface area contributed by atoms with Gasteiger partial charge in [-0.25, -0.2) is 18.4 Å². The van der Waals surface area contributed by atoms with Crippen LogP contribution in [0.3, 0.4) is 0 Å². The fourth-order valence-electron chi connectivity index (χ4n) is 0.978. The average molecular weight is 230 g/mol. The van der Waals surface area contributed by atoms with Gasteiger partial charge in [-0.05, 0) is 11.6 Å². The van der Waals surface area contributed by atoms with Crippen molar-refractivity contribution in [3.63, 3.8) is 0 Å². The van der Waals surface area contributed by atoms with Gasteiger partial charge in [0.1, 0.15) is 0 Å². The summed E-state index contributed by atoms with van der Waals surface area (Å²) in [5.41, 5.74) is 6.17. The van der Waals surface area contributed by atoms with Crippen molar-refractivity contribution in [2.75, 3.05) is 14.1 Å². The summed E-state index contributed by atoms with van der Waals surface area (Å²) in [6.45, 7) is 0.342. The number of rotatable bonds is 4. The Morgan fingerprint density at radius 1 is 1.47 bits per heavy atom. The van der Waals surface area contributed by atoms with E-state index in [2.05, 4.69) is 9.82 Å². The minimum atomic E-state index is -3.56. The summed E-state index contributed by atoms with van der Waals surface area (Å²) in [5.74, 6) is 0. The molecule has 15 heavy (non-hydrogen) atoms. The van der Waals surface area contributed by atoms with E-state index in [0.29, 0.717) is 6.54 Å². The first-order valence-corrected chi connectivity index (χ1v) is 5.79. The molecular weight excluding hydrogens is 216 g/mol. The molecule has 0 radical (unpaired) electrons. The van der Waals surface area contributed by atoms with Crippen LogP contribution >= 0.6 is 0 Å². The van der Waals surface area contributed by atoms with Crippen LogP contribution in [0.1, 0.15) is 5.56 Å². The summed E-state index contributed by atoms with van der Waals surface area (Å²) >= 11 is 0. The van der Waals surface area contributed by atoms with Crippen molar-refractivity contribution in [2.45, 2.75) is 11.6 Å². The standard InChI is InChI=1S/C8H14N4O2S/c1-12(2)11-15(13,14)8-4-3-7(5-9)6-10-8/h3-4,6,11H,5,9H2,1-2H3. The largest absolute Gasteiger partial charge is 0.326 e. The van der Waals surface area contributed by atoms with Crippen molar-refractivity contribution in [3.05, 3.63) is 23.9 Å². The smallest absolute Gasteiger partial charge is 0.270 e. The quantitative estimate of drug-likeness (QED) is 0.667. The highest BCUT2D eigenvalue weighted by Gasteiger charge is 2.15. The van der Waals surface area contributed by atoms with Crippen molar-refractivity contribution in [2.24, 2.45) is 5.73 Å². The molecule has 0 fully saturated rings. The van der Waals surface area contributed by atoms with Gasteiger partial charge in [-0.3, -0.25) is 0 Å². The predicted molar refractivity (Wildman–Crippen MR) is 56.1 cm³/mol.